The molecule has 0 saturated heterocycles. The van der Waals surface area contributed by atoms with Gasteiger partial charge in [-0.15, -0.1) is 0 Å². The summed E-state index contributed by atoms with van der Waals surface area (Å²) < 4.78 is 0. The number of hydroxylamine groups is 1. The minimum atomic E-state index is -0.284. The maximum absolute atomic E-state index is 10.7. The number of hydrogen-bond donors (Lipinski definition) is 2. The Kier molecular flexibility index (Phi) is 5.56. The van der Waals surface area contributed by atoms with E-state index < -0.39 is 0 Å². The third-order valence-electron chi connectivity index (χ3n) is 0.919. The average Bonchev–Trinajstić information content (AvgIpc) is 1.87. The highest BCUT2D eigenvalue weighted by Crippen LogP contribution is 1.89. The zero-order valence-corrected chi connectivity index (χ0v) is 7.31. The van der Waals surface area contributed by atoms with Crippen molar-refractivity contribution in [1.29, 1.82) is 0 Å². The number of carbonyl (C=O) groups excluding carboxylic acids is 1. The van der Waals surface area contributed by atoms with Crippen molar-refractivity contribution in [2.45, 2.75) is 20.8 Å². The first kappa shape index (κ1) is 10.2. The standard InChI is InChI=1S/C7H16N2O2/c1-4-8-7(10)9-11-5-6(2)3/h6H,4-5H2,1-3H3,(H2,8,9,10). The molecule has 0 heterocycles. The van der Waals surface area contributed by atoms with Crippen molar-refractivity contribution in [3.63, 3.8) is 0 Å². The number of carbonyl (C=O) groups is 1. The molecular formula is C7H16N2O2. The highest BCUT2D eigenvalue weighted by molar-refractivity contribution is 5.72. The molecule has 0 bridgehead atoms. The van der Waals surface area contributed by atoms with Crippen molar-refractivity contribution in [3.8, 4) is 0 Å². The van der Waals surface area contributed by atoms with E-state index in [0.29, 0.717) is 19.1 Å². The summed E-state index contributed by atoms with van der Waals surface area (Å²) >= 11 is 0. The topological polar surface area (TPSA) is 50.4 Å². The van der Waals surface area contributed by atoms with E-state index in [9.17, 15) is 4.79 Å². The Hall–Kier alpha value is -0.770. The summed E-state index contributed by atoms with van der Waals surface area (Å²) in [6.45, 7) is 7.02. The molecule has 0 radical (unpaired) electrons. The molecule has 0 saturated carbocycles. The third kappa shape index (κ3) is 7.12. The highest BCUT2D eigenvalue weighted by Gasteiger charge is 1.97. The minimum Gasteiger partial charge on any atom is -0.337 e. The van der Waals surface area contributed by atoms with Gasteiger partial charge in [0.2, 0.25) is 0 Å². The highest BCUT2D eigenvalue weighted by atomic mass is 16.7. The minimum absolute atomic E-state index is 0.284. The predicted octanol–water partition coefficient (Wildman–Crippen LogP) is 0.893. The maximum Gasteiger partial charge on any atom is 0.338 e. The van der Waals surface area contributed by atoms with Crippen molar-refractivity contribution in [1.82, 2.24) is 10.8 Å². The molecule has 0 aliphatic rings. The first-order valence-corrected chi connectivity index (χ1v) is 3.82. The Labute approximate surface area is 67.3 Å². The van der Waals surface area contributed by atoms with Gasteiger partial charge in [0, 0.05) is 6.54 Å². The fraction of sp³-hybridized carbons (Fsp3) is 0.857. The van der Waals surface area contributed by atoms with E-state index in [4.69, 9.17) is 4.84 Å². The van der Waals surface area contributed by atoms with Crippen LogP contribution in [0.2, 0.25) is 0 Å². The van der Waals surface area contributed by atoms with E-state index in [1.54, 1.807) is 0 Å². The fourth-order valence-electron chi connectivity index (χ4n) is 0.471. The number of amides is 2. The van der Waals surface area contributed by atoms with Crippen LogP contribution in [0, 0.1) is 5.92 Å². The molecule has 11 heavy (non-hydrogen) atoms. The molecule has 0 spiro atoms. The second-order valence-electron chi connectivity index (χ2n) is 2.67. The number of nitrogens with one attached hydrogen (secondary N) is 2. The number of hydrogen-bond acceptors (Lipinski definition) is 2. The van der Waals surface area contributed by atoms with Gasteiger partial charge in [0.05, 0.1) is 6.61 Å². The van der Waals surface area contributed by atoms with E-state index in [0.717, 1.165) is 0 Å². The number of urea groups is 1. The van der Waals surface area contributed by atoms with Crippen LogP contribution in [0.5, 0.6) is 0 Å². The van der Waals surface area contributed by atoms with Crippen molar-refractivity contribution in [2.75, 3.05) is 13.2 Å². The van der Waals surface area contributed by atoms with Gasteiger partial charge in [0.15, 0.2) is 0 Å². The molecule has 2 N–H and O–H groups in total. The van der Waals surface area contributed by atoms with Crippen LogP contribution in [0.15, 0.2) is 0 Å². The zero-order chi connectivity index (χ0) is 8.69. The fourth-order valence-corrected chi connectivity index (χ4v) is 0.471. The average molecular weight is 160 g/mol. The van der Waals surface area contributed by atoms with Gasteiger partial charge in [0.1, 0.15) is 0 Å². The van der Waals surface area contributed by atoms with E-state index in [1.165, 1.54) is 0 Å². The van der Waals surface area contributed by atoms with Crippen LogP contribution in [0.25, 0.3) is 0 Å². The Bertz CT molecular complexity index is 115. The lowest BCUT2D eigenvalue weighted by Crippen LogP contribution is -2.35. The molecule has 4 heteroatoms. The first-order valence-electron chi connectivity index (χ1n) is 3.82. The second-order valence-corrected chi connectivity index (χ2v) is 2.67. The quantitative estimate of drug-likeness (QED) is 0.600. The second kappa shape index (κ2) is 5.97. The Morgan fingerprint density at radius 3 is 2.64 bits per heavy atom. The van der Waals surface area contributed by atoms with Gasteiger partial charge in [-0.1, -0.05) is 13.8 Å². The summed E-state index contributed by atoms with van der Waals surface area (Å²) in [5.41, 5.74) is 2.26. The molecule has 0 atom stereocenters. The zero-order valence-electron chi connectivity index (χ0n) is 7.31. The van der Waals surface area contributed by atoms with Crippen LogP contribution in [0.4, 0.5) is 4.79 Å². The van der Waals surface area contributed by atoms with Crippen molar-refractivity contribution < 1.29 is 9.63 Å². The van der Waals surface area contributed by atoms with Crippen LogP contribution in [0.3, 0.4) is 0 Å². The van der Waals surface area contributed by atoms with Crippen molar-refractivity contribution >= 4 is 6.03 Å². The van der Waals surface area contributed by atoms with E-state index >= 15 is 0 Å². The Morgan fingerprint density at radius 1 is 1.55 bits per heavy atom. The van der Waals surface area contributed by atoms with Gasteiger partial charge >= 0.3 is 6.03 Å². The summed E-state index contributed by atoms with van der Waals surface area (Å²) in [5.74, 6) is 0.428. The smallest absolute Gasteiger partial charge is 0.337 e. The summed E-state index contributed by atoms with van der Waals surface area (Å²) in [6.07, 6.45) is 0. The van der Waals surface area contributed by atoms with E-state index in [2.05, 4.69) is 10.8 Å². The van der Waals surface area contributed by atoms with Crippen LogP contribution in [-0.2, 0) is 4.84 Å². The summed E-state index contributed by atoms with van der Waals surface area (Å²) in [7, 11) is 0. The van der Waals surface area contributed by atoms with Crippen LogP contribution < -0.4 is 10.8 Å². The molecule has 0 aromatic carbocycles. The van der Waals surface area contributed by atoms with Crippen molar-refractivity contribution in [2.24, 2.45) is 5.92 Å². The number of rotatable bonds is 4. The monoisotopic (exact) mass is 160 g/mol. The van der Waals surface area contributed by atoms with Gasteiger partial charge in [-0.2, -0.15) is 0 Å². The molecule has 0 rings (SSSR count). The molecule has 66 valence electrons. The largest absolute Gasteiger partial charge is 0.338 e. The summed E-state index contributed by atoms with van der Waals surface area (Å²) in [5, 5.41) is 2.54. The molecule has 0 unspecified atom stereocenters. The van der Waals surface area contributed by atoms with Crippen LogP contribution in [-0.4, -0.2) is 19.2 Å². The molecule has 0 aromatic rings. The van der Waals surface area contributed by atoms with Gasteiger partial charge < -0.3 is 5.32 Å². The van der Waals surface area contributed by atoms with Gasteiger partial charge in [-0.25, -0.2) is 10.3 Å². The van der Waals surface area contributed by atoms with Gasteiger partial charge in [-0.05, 0) is 12.8 Å². The molecule has 0 aliphatic carbocycles. The Balaban J connectivity index is 3.17. The predicted molar refractivity (Wildman–Crippen MR) is 43.0 cm³/mol. The lowest BCUT2D eigenvalue weighted by atomic mass is 10.2. The Morgan fingerprint density at radius 2 is 2.18 bits per heavy atom. The van der Waals surface area contributed by atoms with E-state index in [1.807, 2.05) is 20.8 Å². The molecule has 4 nitrogen and oxygen atoms in total. The lowest BCUT2D eigenvalue weighted by Gasteiger charge is -2.07. The summed E-state index contributed by atoms with van der Waals surface area (Å²) in [6, 6.07) is -0.284. The molecule has 2 amide bonds. The third-order valence-corrected chi connectivity index (χ3v) is 0.919. The van der Waals surface area contributed by atoms with Crippen LogP contribution >= 0.6 is 0 Å². The van der Waals surface area contributed by atoms with Gasteiger partial charge in [-0.3, -0.25) is 4.84 Å². The molecular weight excluding hydrogens is 144 g/mol. The normalized spacial score (nSPS) is 9.82. The van der Waals surface area contributed by atoms with Crippen LogP contribution in [0.1, 0.15) is 20.8 Å². The maximum atomic E-state index is 10.7. The molecule has 0 fully saturated rings. The first-order chi connectivity index (χ1) is 5.16. The molecule has 0 aliphatic heterocycles. The molecule has 0 aromatic heterocycles. The SMILES string of the molecule is CCNC(=O)NOCC(C)C. The summed E-state index contributed by atoms with van der Waals surface area (Å²) in [4.78, 5) is 15.5. The van der Waals surface area contributed by atoms with Crippen molar-refractivity contribution in [3.05, 3.63) is 0 Å². The lowest BCUT2D eigenvalue weighted by molar-refractivity contribution is 0.0442. The van der Waals surface area contributed by atoms with Gasteiger partial charge in [0.25, 0.3) is 0 Å². The van der Waals surface area contributed by atoms with E-state index in [-0.39, 0.29) is 6.03 Å².